The van der Waals surface area contributed by atoms with Gasteiger partial charge in [0.05, 0.1) is 18.7 Å². The van der Waals surface area contributed by atoms with E-state index in [-0.39, 0.29) is 36.0 Å². The predicted molar refractivity (Wildman–Crippen MR) is 99.9 cm³/mol. The van der Waals surface area contributed by atoms with Gasteiger partial charge in [-0.2, -0.15) is 0 Å². The van der Waals surface area contributed by atoms with E-state index >= 15 is 0 Å². The minimum Gasteiger partial charge on any atom is -0.490 e. The van der Waals surface area contributed by atoms with Crippen LogP contribution >= 0.6 is 12.4 Å². The van der Waals surface area contributed by atoms with Gasteiger partial charge in [0.1, 0.15) is 0 Å². The largest absolute Gasteiger partial charge is 0.490 e. The highest BCUT2D eigenvalue weighted by Gasteiger charge is 2.27. The Kier molecular flexibility index (Phi) is 7.68. The van der Waals surface area contributed by atoms with Gasteiger partial charge in [0.2, 0.25) is 5.91 Å². The van der Waals surface area contributed by atoms with Gasteiger partial charge in [-0.25, -0.2) is 4.39 Å². The molecule has 0 aromatic heterocycles. The number of nitrogens with two attached hydrogens (primary N) is 1. The zero-order valence-electron chi connectivity index (χ0n) is 15.1. The van der Waals surface area contributed by atoms with E-state index in [1.807, 2.05) is 6.92 Å². The van der Waals surface area contributed by atoms with Gasteiger partial charge in [0.15, 0.2) is 11.6 Å². The molecule has 146 valence electrons. The topological polar surface area (TPSA) is 73.6 Å². The molecular weight excluding hydrogens is 359 g/mol. The molecular formula is C19H28ClFN2O3. The average molecular weight is 387 g/mol. The lowest BCUT2D eigenvalue weighted by Crippen LogP contribution is -2.47. The molecule has 3 N–H and O–H groups in total. The van der Waals surface area contributed by atoms with Crippen molar-refractivity contribution in [2.24, 2.45) is 17.6 Å². The van der Waals surface area contributed by atoms with Crippen LogP contribution in [-0.2, 0) is 9.53 Å². The molecule has 1 aliphatic carbocycles. The maximum atomic E-state index is 14.2. The molecule has 2 aliphatic rings. The first-order chi connectivity index (χ1) is 12.0. The zero-order chi connectivity index (χ0) is 17.8. The zero-order valence-corrected chi connectivity index (χ0v) is 15.9. The molecule has 5 nitrogen and oxygen atoms in total. The Morgan fingerprint density at radius 2 is 2.04 bits per heavy atom. The number of carbonyl (C=O) groups excluding carboxylic acids is 1. The number of rotatable bonds is 7. The second-order valence-corrected chi connectivity index (χ2v) is 7.15. The number of benzene rings is 1. The minimum atomic E-state index is -0.558. The van der Waals surface area contributed by atoms with Crippen molar-refractivity contribution in [3.8, 4) is 5.75 Å². The van der Waals surface area contributed by atoms with Crippen molar-refractivity contribution in [2.45, 2.75) is 44.7 Å². The van der Waals surface area contributed by atoms with Crippen molar-refractivity contribution in [2.75, 3.05) is 19.8 Å². The lowest BCUT2D eigenvalue weighted by atomic mass is 9.91. The minimum absolute atomic E-state index is 0. The first-order valence-electron chi connectivity index (χ1n) is 9.10. The summed E-state index contributed by atoms with van der Waals surface area (Å²) < 4.78 is 25.0. The quantitative estimate of drug-likeness (QED) is 0.755. The maximum Gasteiger partial charge on any atom is 0.237 e. The summed E-state index contributed by atoms with van der Waals surface area (Å²) in [7, 11) is 0. The van der Waals surface area contributed by atoms with Crippen molar-refractivity contribution in [1.29, 1.82) is 0 Å². The fourth-order valence-corrected chi connectivity index (χ4v) is 3.08. The van der Waals surface area contributed by atoms with E-state index in [1.54, 1.807) is 12.1 Å². The number of hydrogen-bond acceptors (Lipinski definition) is 4. The molecule has 0 radical (unpaired) electrons. The Hall–Kier alpha value is -1.37. The number of amides is 1. The smallest absolute Gasteiger partial charge is 0.237 e. The standard InChI is InChI=1S/C19H27FN2O3.ClH/c1-12(22-19(23)18(21)14-6-8-24-9-7-14)15-4-5-17(16(20)10-15)25-11-13-2-3-13;/h4-5,10,12-14,18H,2-3,6-9,11,21H2,1H3,(H,22,23);1H. The van der Waals surface area contributed by atoms with Gasteiger partial charge in [-0.3, -0.25) is 4.79 Å². The van der Waals surface area contributed by atoms with Gasteiger partial charge >= 0.3 is 0 Å². The molecule has 2 unspecified atom stereocenters. The Balaban J connectivity index is 0.00000243. The van der Waals surface area contributed by atoms with Crippen molar-refractivity contribution in [3.63, 3.8) is 0 Å². The summed E-state index contributed by atoms with van der Waals surface area (Å²) in [5.41, 5.74) is 6.78. The Bertz CT molecular complexity index is 606. The summed E-state index contributed by atoms with van der Waals surface area (Å²) in [6.45, 7) is 3.69. The molecule has 0 spiro atoms. The van der Waals surface area contributed by atoms with E-state index in [0.717, 1.165) is 25.7 Å². The van der Waals surface area contributed by atoms with E-state index < -0.39 is 11.9 Å². The van der Waals surface area contributed by atoms with Crippen LogP contribution in [0.15, 0.2) is 18.2 Å². The number of halogens is 2. The maximum absolute atomic E-state index is 14.2. The van der Waals surface area contributed by atoms with Gasteiger partial charge in [0, 0.05) is 13.2 Å². The van der Waals surface area contributed by atoms with Gasteiger partial charge in [-0.1, -0.05) is 6.07 Å². The molecule has 7 heteroatoms. The highest BCUT2D eigenvalue weighted by Crippen LogP contribution is 2.30. The summed E-state index contributed by atoms with van der Waals surface area (Å²) in [5, 5.41) is 2.89. The number of carbonyl (C=O) groups is 1. The van der Waals surface area contributed by atoms with Crippen LogP contribution in [0.2, 0.25) is 0 Å². The van der Waals surface area contributed by atoms with Crippen molar-refractivity contribution < 1.29 is 18.7 Å². The monoisotopic (exact) mass is 386 g/mol. The molecule has 1 aliphatic heterocycles. The van der Waals surface area contributed by atoms with Crippen molar-refractivity contribution in [1.82, 2.24) is 5.32 Å². The molecule has 3 rings (SSSR count). The lowest BCUT2D eigenvalue weighted by molar-refractivity contribution is -0.125. The highest BCUT2D eigenvalue weighted by atomic mass is 35.5. The number of hydrogen-bond donors (Lipinski definition) is 2. The van der Waals surface area contributed by atoms with Crippen molar-refractivity contribution >= 4 is 18.3 Å². The van der Waals surface area contributed by atoms with Crippen molar-refractivity contribution in [3.05, 3.63) is 29.6 Å². The fraction of sp³-hybridized carbons (Fsp3) is 0.632. The van der Waals surface area contributed by atoms with E-state index in [9.17, 15) is 9.18 Å². The van der Waals surface area contributed by atoms with Gasteiger partial charge in [-0.05, 0) is 62.1 Å². The molecule has 1 saturated heterocycles. The van der Waals surface area contributed by atoms with Crippen LogP contribution in [0, 0.1) is 17.7 Å². The van der Waals surface area contributed by atoms with Crippen LogP contribution in [0.5, 0.6) is 5.75 Å². The fourth-order valence-electron chi connectivity index (χ4n) is 3.08. The summed E-state index contributed by atoms with van der Waals surface area (Å²) in [6.07, 6.45) is 3.92. The summed E-state index contributed by atoms with van der Waals surface area (Å²) in [5.74, 6) is 0.384. The molecule has 2 fully saturated rings. The van der Waals surface area contributed by atoms with Gasteiger partial charge < -0.3 is 20.5 Å². The average Bonchev–Trinajstić information content (AvgIpc) is 3.45. The molecule has 1 heterocycles. The van der Waals surface area contributed by atoms with E-state index in [2.05, 4.69) is 5.32 Å². The molecule has 1 amide bonds. The molecule has 1 aromatic rings. The molecule has 1 aromatic carbocycles. The van der Waals surface area contributed by atoms with E-state index in [0.29, 0.717) is 31.3 Å². The third kappa shape index (κ3) is 5.56. The number of ether oxygens (including phenoxy) is 2. The summed E-state index contributed by atoms with van der Waals surface area (Å²) in [6, 6.07) is 3.97. The molecule has 0 bridgehead atoms. The Morgan fingerprint density at radius 1 is 1.35 bits per heavy atom. The third-order valence-electron chi connectivity index (χ3n) is 5.06. The van der Waals surface area contributed by atoms with E-state index in [4.69, 9.17) is 15.2 Å². The lowest BCUT2D eigenvalue weighted by Gasteiger charge is -2.28. The van der Waals surface area contributed by atoms with Crippen LogP contribution in [0.3, 0.4) is 0 Å². The van der Waals surface area contributed by atoms with E-state index in [1.165, 1.54) is 6.07 Å². The SMILES string of the molecule is CC(NC(=O)C(N)C1CCOCC1)c1ccc(OCC2CC2)c(F)c1.Cl. The normalized spacial score (nSPS) is 20.0. The van der Waals surface area contributed by atoms with Crippen LogP contribution < -0.4 is 15.8 Å². The first-order valence-corrected chi connectivity index (χ1v) is 9.10. The third-order valence-corrected chi connectivity index (χ3v) is 5.06. The second-order valence-electron chi connectivity index (χ2n) is 7.15. The molecule has 26 heavy (non-hydrogen) atoms. The Labute approximate surface area is 160 Å². The molecule has 2 atom stereocenters. The van der Waals surface area contributed by atoms with Gasteiger partial charge in [0.25, 0.3) is 0 Å². The summed E-state index contributed by atoms with van der Waals surface area (Å²) >= 11 is 0. The molecule has 1 saturated carbocycles. The second kappa shape index (κ2) is 9.53. The summed E-state index contributed by atoms with van der Waals surface area (Å²) in [4.78, 5) is 12.4. The Morgan fingerprint density at radius 3 is 2.65 bits per heavy atom. The van der Waals surface area contributed by atoms with Crippen LogP contribution in [0.1, 0.15) is 44.2 Å². The van der Waals surface area contributed by atoms with Gasteiger partial charge in [-0.15, -0.1) is 12.4 Å². The highest BCUT2D eigenvalue weighted by molar-refractivity contribution is 5.85. The number of nitrogens with one attached hydrogen (secondary N) is 1. The van der Waals surface area contributed by atoms with Crippen LogP contribution in [0.4, 0.5) is 4.39 Å². The first kappa shape index (κ1) is 20.9. The predicted octanol–water partition coefficient (Wildman–Crippen LogP) is 2.97. The van der Waals surface area contributed by atoms with Crippen LogP contribution in [-0.4, -0.2) is 31.8 Å². The van der Waals surface area contributed by atoms with Crippen LogP contribution in [0.25, 0.3) is 0 Å².